The lowest BCUT2D eigenvalue weighted by Crippen LogP contribution is -2.50. The molecule has 2 aromatic heterocycles. The number of anilines is 1. The monoisotopic (exact) mass is 419 g/mol. The maximum Gasteiger partial charge on any atom is 0.244 e. The molecule has 0 unspecified atom stereocenters. The highest BCUT2D eigenvalue weighted by atomic mass is 16.5. The van der Waals surface area contributed by atoms with Crippen LogP contribution in [0, 0.1) is 6.92 Å². The molecule has 0 spiro atoms. The first kappa shape index (κ1) is 20.9. The van der Waals surface area contributed by atoms with Gasteiger partial charge in [0.1, 0.15) is 18.1 Å². The average Bonchev–Trinajstić information content (AvgIpc) is 3.22. The molecular formula is C24H29N5O2. The van der Waals surface area contributed by atoms with E-state index in [0.29, 0.717) is 13.1 Å². The van der Waals surface area contributed by atoms with E-state index >= 15 is 0 Å². The molecule has 7 nitrogen and oxygen atoms in total. The number of carbonyl (C=O) groups excluding carboxylic acids is 1. The number of hydrogen-bond donors (Lipinski definition) is 0. The summed E-state index contributed by atoms with van der Waals surface area (Å²) >= 11 is 0. The van der Waals surface area contributed by atoms with Crippen molar-refractivity contribution in [3.63, 3.8) is 0 Å². The molecule has 0 bridgehead atoms. The van der Waals surface area contributed by atoms with Gasteiger partial charge in [0, 0.05) is 49.7 Å². The lowest BCUT2D eigenvalue weighted by Gasteiger charge is -2.35. The number of hydrogen-bond acceptors (Lipinski definition) is 5. The van der Waals surface area contributed by atoms with Crippen LogP contribution in [0.4, 0.5) is 5.82 Å². The average molecular weight is 420 g/mol. The van der Waals surface area contributed by atoms with Crippen LogP contribution in [0.5, 0.6) is 5.75 Å². The lowest BCUT2D eigenvalue weighted by molar-refractivity contribution is -0.132. The largest absolute Gasteiger partial charge is 0.497 e. The molecule has 1 saturated heterocycles. The quantitative estimate of drug-likeness (QED) is 0.614. The van der Waals surface area contributed by atoms with Crippen LogP contribution >= 0.6 is 0 Å². The molecule has 4 rings (SSSR count). The molecule has 0 atom stereocenters. The minimum Gasteiger partial charge on any atom is -0.497 e. The van der Waals surface area contributed by atoms with Crippen molar-refractivity contribution in [3.05, 3.63) is 59.9 Å². The fraction of sp³-hybridized carbons (Fsp3) is 0.375. The van der Waals surface area contributed by atoms with Gasteiger partial charge in [-0.05, 0) is 31.5 Å². The summed E-state index contributed by atoms with van der Waals surface area (Å²) in [5.74, 6) is 1.78. The predicted octanol–water partition coefficient (Wildman–Crippen LogP) is 3.17. The molecule has 1 fully saturated rings. The highest BCUT2D eigenvalue weighted by Crippen LogP contribution is 2.22. The van der Waals surface area contributed by atoms with Gasteiger partial charge >= 0.3 is 0 Å². The third-order valence-corrected chi connectivity index (χ3v) is 5.73. The first-order valence-corrected chi connectivity index (χ1v) is 10.7. The number of rotatable bonds is 6. The molecule has 162 valence electrons. The van der Waals surface area contributed by atoms with Crippen LogP contribution in [0.1, 0.15) is 18.2 Å². The van der Waals surface area contributed by atoms with Gasteiger partial charge in [-0.15, -0.1) is 0 Å². The number of pyridine rings is 1. The molecule has 1 aromatic carbocycles. The Morgan fingerprint density at radius 3 is 2.61 bits per heavy atom. The Morgan fingerprint density at radius 2 is 1.90 bits per heavy atom. The number of aromatic nitrogens is 3. The second kappa shape index (κ2) is 9.20. The molecule has 3 aromatic rings. The highest BCUT2D eigenvalue weighted by molar-refractivity contribution is 5.76. The molecule has 1 aliphatic heterocycles. The topological polar surface area (TPSA) is 63.5 Å². The Morgan fingerprint density at radius 1 is 1.10 bits per heavy atom. The molecule has 3 heterocycles. The Balaban J connectivity index is 1.41. The Hall–Kier alpha value is -3.35. The predicted molar refractivity (Wildman–Crippen MR) is 121 cm³/mol. The number of amides is 1. The summed E-state index contributed by atoms with van der Waals surface area (Å²) < 4.78 is 7.15. The third-order valence-electron chi connectivity index (χ3n) is 5.73. The van der Waals surface area contributed by atoms with Gasteiger partial charge in [-0.25, -0.2) is 4.98 Å². The van der Waals surface area contributed by atoms with E-state index < -0.39 is 0 Å². The van der Waals surface area contributed by atoms with Gasteiger partial charge in [-0.3, -0.25) is 9.48 Å². The van der Waals surface area contributed by atoms with Crippen molar-refractivity contribution in [2.24, 2.45) is 0 Å². The highest BCUT2D eigenvalue weighted by Gasteiger charge is 2.23. The van der Waals surface area contributed by atoms with Crippen LogP contribution in [-0.4, -0.2) is 58.9 Å². The normalized spacial score (nSPS) is 14.0. The Kier molecular flexibility index (Phi) is 6.21. The van der Waals surface area contributed by atoms with Gasteiger partial charge < -0.3 is 14.5 Å². The van der Waals surface area contributed by atoms with Gasteiger partial charge in [0.25, 0.3) is 0 Å². The van der Waals surface area contributed by atoms with E-state index in [1.807, 2.05) is 27.8 Å². The summed E-state index contributed by atoms with van der Waals surface area (Å²) in [5.41, 5.74) is 4.27. The molecule has 1 aliphatic rings. The second-order valence-electron chi connectivity index (χ2n) is 7.82. The molecule has 1 amide bonds. The lowest BCUT2D eigenvalue weighted by atomic mass is 10.1. The van der Waals surface area contributed by atoms with Crippen molar-refractivity contribution in [2.75, 3.05) is 38.2 Å². The van der Waals surface area contributed by atoms with Gasteiger partial charge in [0.15, 0.2) is 0 Å². The van der Waals surface area contributed by atoms with Crippen molar-refractivity contribution in [1.82, 2.24) is 19.7 Å². The number of piperazine rings is 1. The van der Waals surface area contributed by atoms with E-state index in [1.165, 1.54) is 5.56 Å². The molecule has 0 saturated carbocycles. The van der Waals surface area contributed by atoms with Crippen molar-refractivity contribution in [3.8, 4) is 17.0 Å². The van der Waals surface area contributed by atoms with E-state index in [-0.39, 0.29) is 12.5 Å². The third kappa shape index (κ3) is 4.71. The van der Waals surface area contributed by atoms with Gasteiger partial charge in [-0.1, -0.05) is 30.7 Å². The van der Waals surface area contributed by atoms with Crippen molar-refractivity contribution in [2.45, 2.75) is 26.8 Å². The minimum atomic E-state index is 0.104. The molecule has 7 heteroatoms. The van der Waals surface area contributed by atoms with Crippen molar-refractivity contribution in [1.29, 1.82) is 0 Å². The van der Waals surface area contributed by atoms with Gasteiger partial charge in [-0.2, -0.15) is 5.10 Å². The number of ether oxygens (including phenoxy) is 1. The number of methoxy groups -OCH3 is 1. The van der Waals surface area contributed by atoms with Crippen LogP contribution < -0.4 is 9.64 Å². The standard InChI is InChI=1S/C24H29N5O2/c1-4-20-15-22(19-7-5-6-18(2)14-19)26-29(20)17-24(30)28-12-10-27(11-13-28)23-16-21(31-3)8-9-25-23/h5-9,14-16H,4,10-13,17H2,1-3H3. The molecular weight excluding hydrogens is 390 g/mol. The Labute approximate surface area is 183 Å². The number of nitrogens with zero attached hydrogens (tertiary/aromatic N) is 5. The van der Waals surface area contributed by atoms with Gasteiger partial charge in [0.2, 0.25) is 5.91 Å². The van der Waals surface area contributed by atoms with E-state index in [0.717, 1.165) is 48.0 Å². The van der Waals surface area contributed by atoms with E-state index in [4.69, 9.17) is 9.84 Å². The van der Waals surface area contributed by atoms with Crippen LogP contribution in [-0.2, 0) is 17.8 Å². The smallest absolute Gasteiger partial charge is 0.244 e. The number of aryl methyl sites for hydroxylation is 2. The van der Waals surface area contributed by atoms with Crippen molar-refractivity contribution < 1.29 is 9.53 Å². The summed E-state index contributed by atoms with van der Waals surface area (Å²) in [6, 6.07) is 14.2. The van der Waals surface area contributed by atoms with E-state index in [1.54, 1.807) is 13.3 Å². The van der Waals surface area contributed by atoms with Gasteiger partial charge in [0.05, 0.1) is 12.8 Å². The summed E-state index contributed by atoms with van der Waals surface area (Å²) in [7, 11) is 1.65. The zero-order valence-electron chi connectivity index (χ0n) is 18.4. The molecule has 31 heavy (non-hydrogen) atoms. The van der Waals surface area contributed by atoms with E-state index in [2.05, 4.69) is 48.0 Å². The van der Waals surface area contributed by atoms with Crippen LogP contribution in [0.25, 0.3) is 11.3 Å². The van der Waals surface area contributed by atoms with Crippen LogP contribution in [0.2, 0.25) is 0 Å². The first-order chi connectivity index (χ1) is 15.1. The summed E-state index contributed by atoms with van der Waals surface area (Å²) in [5, 5.41) is 4.74. The number of carbonyl (C=O) groups is 1. The zero-order valence-corrected chi connectivity index (χ0v) is 18.4. The SMILES string of the molecule is CCc1cc(-c2cccc(C)c2)nn1CC(=O)N1CCN(c2cc(OC)ccn2)CC1. The maximum atomic E-state index is 13.0. The van der Waals surface area contributed by atoms with Crippen LogP contribution in [0.3, 0.4) is 0 Å². The minimum absolute atomic E-state index is 0.104. The Bertz CT molecular complexity index is 1050. The second-order valence-corrected chi connectivity index (χ2v) is 7.82. The number of benzene rings is 1. The summed E-state index contributed by atoms with van der Waals surface area (Å²) in [6.07, 6.45) is 2.59. The summed E-state index contributed by atoms with van der Waals surface area (Å²) in [4.78, 5) is 21.5. The maximum absolute atomic E-state index is 13.0. The fourth-order valence-corrected chi connectivity index (χ4v) is 3.94. The molecule has 0 N–H and O–H groups in total. The van der Waals surface area contributed by atoms with E-state index in [9.17, 15) is 4.79 Å². The molecule has 0 radical (unpaired) electrons. The van der Waals surface area contributed by atoms with Crippen molar-refractivity contribution >= 4 is 11.7 Å². The molecule has 0 aliphatic carbocycles. The summed E-state index contributed by atoms with van der Waals surface area (Å²) in [6.45, 7) is 7.28. The zero-order chi connectivity index (χ0) is 21.8. The van der Waals surface area contributed by atoms with Crippen LogP contribution in [0.15, 0.2) is 48.7 Å². The first-order valence-electron chi connectivity index (χ1n) is 10.7. The fourth-order valence-electron chi connectivity index (χ4n) is 3.94.